The first-order valence-electron chi connectivity index (χ1n) is 6.83. The molecule has 3 aromatic rings. The van der Waals surface area contributed by atoms with Crippen LogP contribution in [0.25, 0.3) is 10.9 Å². The maximum Gasteiger partial charge on any atom is 0.352 e. The van der Waals surface area contributed by atoms with E-state index in [4.69, 9.17) is 24.8 Å². The lowest BCUT2D eigenvalue weighted by molar-refractivity contribution is 0.0684. The van der Waals surface area contributed by atoms with Crippen LogP contribution in [0.4, 0.5) is 0 Å². The second-order valence-corrected chi connectivity index (χ2v) is 4.78. The van der Waals surface area contributed by atoms with Gasteiger partial charge in [0.05, 0.1) is 5.56 Å². The summed E-state index contributed by atoms with van der Waals surface area (Å²) in [7, 11) is 0. The number of nitrogens with one attached hydrogen (secondary N) is 1. The van der Waals surface area contributed by atoms with Gasteiger partial charge in [-0.25, -0.2) is 9.59 Å². The average Bonchev–Trinajstić information content (AvgIpc) is 3.20. The van der Waals surface area contributed by atoms with Crippen LogP contribution in [0.5, 0.6) is 0 Å². The lowest BCUT2D eigenvalue weighted by Gasteiger charge is -1.93. The summed E-state index contributed by atoms with van der Waals surface area (Å²) in [5, 5.41) is 35.1. The van der Waals surface area contributed by atoms with Gasteiger partial charge in [-0.05, 0) is 30.3 Å². The summed E-state index contributed by atoms with van der Waals surface area (Å²) >= 11 is 0. The second kappa shape index (κ2) is 7.44. The van der Waals surface area contributed by atoms with Crippen LogP contribution >= 0.6 is 0 Å². The first kappa shape index (κ1) is 17.3. The van der Waals surface area contributed by atoms with E-state index in [1.165, 1.54) is 18.2 Å². The largest absolute Gasteiger partial charge is 0.478 e. The summed E-state index contributed by atoms with van der Waals surface area (Å²) in [6.07, 6.45) is 0. The predicted octanol–water partition coefficient (Wildman–Crippen LogP) is 1.83. The second-order valence-electron chi connectivity index (χ2n) is 4.78. The summed E-state index contributed by atoms with van der Waals surface area (Å²) in [4.78, 5) is 23.9. The molecule has 2 aromatic heterocycles. The number of hydrogen-bond donors (Lipinski definition) is 5. The summed E-state index contributed by atoms with van der Waals surface area (Å²) in [5.74, 6) is -1.13. The van der Waals surface area contributed by atoms with Crippen LogP contribution < -0.4 is 0 Å². The number of carbonyl (C=O) groups is 2. The molecule has 0 saturated heterocycles. The number of aromatic nitrogens is 1. The number of aromatic carboxylic acids is 2. The van der Waals surface area contributed by atoms with Gasteiger partial charge in [0.2, 0.25) is 0 Å². The van der Waals surface area contributed by atoms with Crippen molar-refractivity contribution in [3.05, 3.63) is 59.2 Å². The van der Waals surface area contributed by atoms with Crippen molar-refractivity contribution in [3.63, 3.8) is 0 Å². The summed E-state index contributed by atoms with van der Waals surface area (Å²) < 4.78 is 4.88. The molecule has 0 aliphatic heterocycles. The number of carboxylic acids is 2. The van der Waals surface area contributed by atoms with Crippen molar-refractivity contribution in [2.24, 2.45) is 0 Å². The van der Waals surface area contributed by atoms with Crippen molar-refractivity contribution < 1.29 is 34.4 Å². The lowest BCUT2D eigenvalue weighted by atomic mass is 10.2. The Kier molecular flexibility index (Phi) is 5.35. The minimum absolute atomic E-state index is 0.0486. The number of aromatic amines is 1. The highest BCUT2D eigenvalue weighted by Crippen LogP contribution is 2.17. The first-order chi connectivity index (χ1) is 11.4. The zero-order valence-corrected chi connectivity index (χ0v) is 12.4. The van der Waals surface area contributed by atoms with Crippen LogP contribution in [0.2, 0.25) is 0 Å². The van der Waals surface area contributed by atoms with Crippen LogP contribution in [0, 0.1) is 0 Å². The molecule has 0 amide bonds. The topological polar surface area (TPSA) is 144 Å². The molecular weight excluding hydrogens is 318 g/mol. The molecule has 126 valence electrons. The maximum atomic E-state index is 10.7. The van der Waals surface area contributed by atoms with E-state index in [2.05, 4.69) is 4.98 Å². The highest BCUT2D eigenvalue weighted by Gasteiger charge is 2.09. The van der Waals surface area contributed by atoms with E-state index in [9.17, 15) is 9.59 Å². The van der Waals surface area contributed by atoms with Crippen molar-refractivity contribution in [1.82, 2.24) is 4.98 Å². The van der Waals surface area contributed by atoms with Crippen molar-refractivity contribution in [3.8, 4) is 0 Å². The lowest BCUT2D eigenvalue weighted by Crippen LogP contribution is -1.96. The number of aliphatic hydroxyl groups is 2. The van der Waals surface area contributed by atoms with Gasteiger partial charge < -0.3 is 29.8 Å². The Balaban J connectivity index is 0.000000198. The smallest absolute Gasteiger partial charge is 0.352 e. The molecule has 8 nitrogen and oxygen atoms in total. The maximum absolute atomic E-state index is 10.7. The van der Waals surface area contributed by atoms with Gasteiger partial charge >= 0.3 is 11.9 Å². The molecule has 1 aromatic carbocycles. The van der Waals surface area contributed by atoms with E-state index < -0.39 is 11.9 Å². The first-order valence-corrected chi connectivity index (χ1v) is 6.83. The van der Waals surface area contributed by atoms with Crippen LogP contribution in [-0.4, -0.2) is 37.3 Å². The van der Waals surface area contributed by atoms with E-state index in [1.54, 1.807) is 18.2 Å². The minimum atomic E-state index is -1.07. The number of rotatable bonds is 4. The third-order valence-electron chi connectivity index (χ3n) is 3.13. The van der Waals surface area contributed by atoms with Gasteiger partial charge in [0.25, 0.3) is 0 Å². The Labute approximate surface area is 135 Å². The number of H-pyrrole nitrogens is 1. The number of aliphatic hydroxyl groups excluding tert-OH is 2. The molecule has 3 rings (SSSR count). The number of furan rings is 1. The summed E-state index contributed by atoms with van der Waals surface area (Å²) in [6.45, 7) is -0.222. The molecule has 0 fully saturated rings. The molecule has 2 heterocycles. The number of fused-ring (bicyclic) bond motifs is 1. The van der Waals surface area contributed by atoms with Gasteiger partial charge in [-0.2, -0.15) is 0 Å². The Morgan fingerprint density at radius 2 is 1.54 bits per heavy atom. The zero-order chi connectivity index (χ0) is 17.7. The molecular formula is C16H15NO7. The van der Waals surface area contributed by atoms with Gasteiger partial charge in [-0.15, -0.1) is 0 Å². The third kappa shape index (κ3) is 4.00. The summed E-state index contributed by atoms with van der Waals surface area (Å²) in [6, 6.07) is 9.14. The van der Waals surface area contributed by atoms with Crippen LogP contribution in [0.1, 0.15) is 32.4 Å². The molecule has 0 bridgehead atoms. The van der Waals surface area contributed by atoms with Gasteiger partial charge in [-0.1, -0.05) is 6.07 Å². The van der Waals surface area contributed by atoms with Crippen LogP contribution in [0.15, 0.2) is 40.8 Å². The van der Waals surface area contributed by atoms with Crippen molar-refractivity contribution >= 4 is 22.8 Å². The molecule has 0 aliphatic rings. The summed E-state index contributed by atoms with van der Waals surface area (Å²) in [5.41, 5.74) is 0.682. The van der Waals surface area contributed by atoms with Gasteiger partial charge in [-0.3, -0.25) is 0 Å². The monoisotopic (exact) mass is 333 g/mol. The van der Waals surface area contributed by atoms with E-state index in [0.717, 1.165) is 0 Å². The van der Waals surface area contributed by atoms with E-state index >= 15 is 0 Å². The molecule has 0 spiro atoms. The minimum Gasteiger partial charge on any atom is -0.478 e. The Hall–Kier alpha value is -3.10. The number of carboxylic acid groups (broad SMARTS) is 2. The van der Waals surface area contributed by atoms with Crippen LogP contribution in [0.3, 0.4) is 0 Å². The van der Waals surface area contributed by atoms with Crippen molar-refractivity contribution in [1.29, 1.82) is 0 Å². The third-order valence-corrected chi connectivity index (χ3v) is 3.13. The predicted molar refractivity (Wildman–Crippen MR) is 82.8 cm³/mol. The van der Waals surface area contributed by atoms with Crippen molar-refractivity contribution in [2.75, 3.05) is 0 Å². The molecule has 5 N–H and O–H groups in total. The fourth-order valence-electron chi connectivity index (χ4n) is 1.97. The highest BCUT2D eigenvalue weighted by molar-refractivity contribution is 5.97. The van der Waals surface area contributed by atoms with Gasteiger partial charge in [0, 0.05) is 10.9 Å². The zero-order valence-electron chi connectivity index (χ0n) is 12.4. The molecule has 0 radical (unpaired) electrons. The Morgan fingerprint density at radius 1 is 0.917 bits per heavy atom. The van der Waals surface area contributed by atoms with E-state index in [-0.39, 0.29) is 24.5 Å². The average molecular weight is 333 g/mol. The van der Waals surface area contributed by atoms with Gasteiger partial charge in [0.1, 0.15) is 30.4 Å². The molecule has 0 atom stereocenters. The fraction of sp³-hybridized carbons (Fsp3) is 0.125. The van der Waals surface area contributed by atoms with Gasteiger partial charge in [0.15, 0.2) is 0 Å². The number of benzene rings is 1. The molecule has 24 heavy (non-hydrogen) atoms. The van der Waals surface area contributed by atoms with Crippen LogP contribution in [-0.2, 0) is 13.2 Å². The molecule has 0 aliphatic carbocycles. The SMILES string of the molecule is O=C(O)c1ccc2cc(C(=O)O)[nH]c2c1.OCc1ccc(CO)o1. The van der Waals surface area contributed by atoms with Crippen molar-refractivity contribution in [2.45, 2.75) is 13.2 Å². The fourth-order valence-corrected chi connectivity index (χ4v) is 1.97. The quantitative estimate of drug-likeness (QED) is 0.490. The highest BCUT2D eigenvalue weighted by atomic mass is 16.4. The van der Waals surface area contributed by atoms with E-state index in [1.807, 2.05) is 0 Å². The van der Waals surface area contributed by atoms with E-state index in [0.29, 0.717) is 22.4 Å². The Bertz CT molecular complexity index is 832. The standard InChI is InChI=1S/C10H7NO4.C6H8O3/c12-9(13)6-2-1-5-3-8(10(14)15)11-7(5)4-6;7-3-5-1-2-6(4-8)9-5/h1-4,11H,(H,12,13)(H,14,15);1-2,7-8H,3-4H2. The molecule has 8 heteroatoms. The molecule has 0 saturated carbocycles. The molecule has 0 unspecified atom stereocenters. The number of hydrogen-bond acceptors (Lipinski definition) is 5. The normalized spacial score (nSPS) is 10.2. The Morgan fingerprint density at radius 3 is 2.00 bits per heavy atom.